The lowest BCUT2D eigenvalue weighted by molar-refractivity contribution is 0.644. The average molecular weight is 261 g/mol. The predicted molar refractivity (Wildman–Crippen MR) is 78.1 cm³/mol. The van der Waals surface area contributed by atoms with E-state index in [-0.39, 0.29) is 0 Å². The van der Waals surface area contributed by atoms with Crippen molar-refractivity contribution in [3.63, 3.8) is 0 Å². The maximum absolute atomic E-state index is 4.24. The quantitative estimate of drug-likeness (QED) is 0.777. The molecule has 1 heterocycles. The van der Waals surface area contributed by atoms with E-state index in [1.807, 2.05) is 17.6 Å². The Morgan fingerprint density at radius 1 is 1.28 bits per heavy atom. The highest BCUT2D eigenvalue weighted by atomic mass is 32.1. The van der Waals surface area contributed by atoms with Gasteiger partial charge in [-0.3, -0.25) is 0 Å². The van der Waals surface area contributed by atoms with Crippen molar-refractivity contribution in [3.05, 3.63) is 46.9 Å². The third-order valence-electron chi connectivity index (χ3n) is 2.80. The van der Waals surface area contributed by atoms with Crippen LogP contribution in [-0.2, 0) is 6.54 Å². The summed E-state index contributed by atoms with van der Waals surface area (Å²) >= 11 is 1.70. The normalized spacial score (nSPS) is 10.5. The first-order valence-corrected chi connectivity index (χ1v) is 7.09. The van der Waals surface area contributed by atoms with E-state index in [4.69, 9.17) is 0 Å². The number of hydrogen-bond donors (Lipinski definition) is 1. The molecule has 0 fully saturated rings. The Hall–Kier alpha value is -1.39. The van der Waals surface area contributed by atoms with Crippen LogP contribution in [-0.4, -0.2) is 25.1 Å². The number of nitrogens with one attached hydrogen (secondary N) is 1. The molecule has 18 heavy (non-hydrogen) atoms. The van der Waals surface area contributed by atoms with Crippen molar-refractivity contribution >= 4 is 17.0 Å². The Morgan fingerprint density at radius 2 is 2.11 bits per heavy atom. The molecule has 96 valence electrons. The predicted octanol–water partition coefficient (Wildman–Crippen LogP) is 2.76. The van der Waals surface area contributed by atoms with E-state index in [9.17, 15) is 0 Å². The van der Waals surface area contributed by atoms with Crippen LogP contribution in [0.2, 0.25) is 0 Å². The number of benzene rings is 1. The Bertz CT molecular complexity index is 428. The molecule has 0 bridgehead atoms. The monoisotopic (exact) mass is 261 g/mol. The largest absolute Gasteiger partial charge is 0.375 e. The average Bonchev–Trinajstić information content (AvgIpc) is 2.92. The van der Waals surface area contributed by atoms with Gasteiger partial charge >= 0.3 is 0 Å². The number of rotatable bonds is 7. The fraction of sp³-hybridized carbons (Fsp3) is 0.357. The van der Waals surface area contributed by atoms with Gasteiger partial charge in [0.2, 0.25) is 0 Å². The lowest BCUT2D eigenvalue weighted by Crippen LogP contribution is -2.23. The van der Waals surface area contributed by atoms with E-state index < -0.39 is 0 Å². The second-order valence-corrected chi connectivity index (χ2v) is 5.19. The fourth-order valence-corrected chi connectivity index (χ4v) is 2.37. The molecule has 0 saturated heterocycles. The molecule has 0 aliphatic carbocycles. The lowest BCUT2D eigenvalue weighted by atomic mass is 10.3. The molecule has 4 heteroatoms. The van der Waals surface area contributed by atoms with Gasteiger partial charge in [0.1, 0.15) is 5.01 Å². The van der Waals surface area contributed by atoms with E-state index in [2.05, 4.69) is 46.5 Å². The van der Waals surface area contributed by atoms with Crippen LogP contribution < -0.4 is 10.2 Å². The number of aromatic nitrogens is 1. The molecule has 0 spiro atoms. The van der Waals surface area contributed by atoms with Crippen molar-refractivity contribution in [2.75, 3.05) is 25.0 Å². The minimum atomic E-state index is 0.882. The molecule has 1 aromatic carbocycles. The van der Waals surface area contributed by atoms with Gasteiger partial charge in [0.05, 0.1) is 0 Å². The Kier molecular flexibility index (Phi) is 5.17. The fourth-order valence-electron chi connectivity index (χ4n) is 1.79. The summed E-state index contributed by atoms with van der Waals surface area (Å²) in [5.74, 6) is 0. The van der Waals surface area contributed by atoms with Gasteiger partial charge in [-0.05, 0) is 25.1 Å². The minimum absolute atomic E-state index is 0.882. The van der Waals surface area contributed by atoms with Crippen molar-refractivity contribution < 1.29 is 0 Å². The third-order valence-corrected chi connectivity index (χ3v) is 3.58. The maximum atomic E-state index is 4.24. The molecule has 2 aromatic rings. The zero-order chi connectivity index (χ0) is 12.6. The smallest absolute Gasteiger partial charge is 0.106 e. The van der Waals surface area contributed by atoms with Crippen LogP contribution in [0.15, 0.2) is 41.9 Å². The first-order valence-electron chi connectivity index (χ1n) is 6.21. The van der Waals surface area contributed by atoms with Gasteiger partial charge in [0.25, 0.3) is 0 Å². The number of nitrogens with zero attached hydrogens (tertiary/aromatic N) is 2. The van der Waals surface area contributed by atoms with Crippen LogP contribution in [0.25, 0.3) is 0 Å². The molecule has 1 N–H and O–H groups in total. The van der Waals surface area contributed by atoms with Gasteiger partial charge in [0, 0.05) is 37.4 Å². The molecule has 3 nitrogen and oxygen atoms in total. The van der Waals surface area contributed by atoms with Crippen molar-refractivity contribution in [1.29, 1.82) is 0 Å². The summed E-state index contributed by atoms with van der Waals surface area (Å²) in [5, 5.41) is 6.59. The van der Waals surface area contributed by atoms with E-state index in [1.54, 1.807) is 11.3 Å². The van der Waals surface area contributed by atoms with E-state index >= 15 is 0 Å². The maximum Gasteiger partial charge on any atom is 0.106 e. The van der Waals surface area contributed by atoms with E-state index in [0.717, 1.165) is 31.1 Å². The summed E-state index contributed by atoms with van der Waals surface area (Å²) in [5.41, 5.74) is 1.28. The number of thiazole rings is 1. The summed E-state index contributed by atoms with van der Waals surface area (Å²) in [6.45, 7) is 2.97. The van der Waals surface area contributed by atoms with Gasteiger partial charge in [-0.15, -0.1) is 11.3 Å². The van der Waals surface area contributed by atoms with Crippen molar-refractivity contribution in [2.24, 2.45) is 0 Å². The third kappa shape index (κ3) is 4.13. The number of anilines is 1. The van der Waals surface area contributed by atoms with Crippen LogP contribution in [0, 0.1) is 0 Å². The van der Waals surface area contributed by atoms with Crippen LogP contribution >= 0.6 is 11.3 Å². The second-order valence-electron chi connectivity index (χ2n) is 4.21. The summed E-state index contributed by atoms with van der Waals surface area (Å²) in [6, 6.07) is 10.5. The highest BCUT2D eigenvalue weighted by Gasteiger charge is 1.99. The molecule has 0 atom stereocenters. The Morgan fingerprint density at radius 3 is 2.83 bits per heavy atom. The SMILES string of the molecule is CN(CCCNCc1nccs1)c1ccccc1. The molecule has 0 amide bonds. The van der Waals surface area contributed by atoms with E-state index in [1.165, 1.54) is 5.69 Å². The van der Waals surface area contributed by atoms with Crippen molar-refractivity contribution in [3.8, 4) is 0 Å². The molecule has 1 aromatic heterocycles. The molecular weight excluding hydrogens is 242 g/mol. The van der Waals surface area contributed by atoms with Crippen molar-refractivity contribution in [1.82, 2.24) is 10.3 Å². The molecule has 0 saturated carbocycles. The summed E-state index contributed by atoms with van der Waals surface area (Å²) in [4.78, 5) is 6.52. The lowest BCUT2D eigenvalue weighted by Gasteiger charge is -2.19. The molecule has 0 aliphatic rings. The van der Waals surface area contributed by atoms with Gasteiger partial charge in [-0.2, -0.15) is 0 Å². The summed E-state index contributed by atoms with van der Waals surface area (Å²) in [6.07, 6.45) is 2.99. The van der Waals surface area contributed by atoms with E-state index in [0.29, 0.717) is 0 Å². The van der Waals surface area contributed by atoms with Gasteiger partial charge in [-0.25, -0.2) is 4.98 Å². The van der Waals surface area contributed by atoms with Gasteiger partial charge in [0.15, 0.2) is 0 Å². The molecule has 0 aliphatic heterocycles. The Balaban J connectivity index is 1.61. The topological polar surface area (TPSA) is 28.2 Å². The van der Waals surface area contributed by atoms with Crippen molar-refractivity contribution in [2.45, 2.75) is 13.0 Å². The summed E-state index contributed by atoms with van der Waals surface area (Å²) in [7, 11) is 2.14. The zero-order valence-electron chi connectivity index (χ0n) is 10.7. The first-order chi connectivity index (χ1) is 8.86. The van der Waals surface area contributed by atoms with Gasteiger partial charge in [-0.1, -0.05) is 18.2 Å². The zero-order valence-corrected chi connectivity index (χ0v) is 11.5. The number of para-hydroxylation sites is 1. The number of hydrogen-bond acceptors (Lipinski definition) is 4. The molecule has 0 unspecified atom stereocenters. The van der Waals surface area contributed by atoms with Crippen LogP contribution in [0.1, 0.15) is 11.4 Å². The standard InChI is InChI=1S/C14H19N3S/c1-17(13-6-3-2-4-7-13)10-5-8-15-12-14-16-9-11-18-14/h2-4,6-7,9,11,15H,5,8,10,12H2,1H3. The van der Waals surface area contributed by atoms with Gasteiger partial charge < -0.3 is 10.2 Å². The molecule has 2 rings (SSSR count). The molecular formula is C14H19N3S. The highest BCUT2D eigenvalue weighted by Crippen LogP contribution is 2.10. The highest BCUT2D eigenvalue weighted by molar-refractivity contribution is 7.09. The second kappa shape index (κ2) is 7.13. The summed E-state index contributed by atoms with van der Waals surface area (Å²) < 4.78 is 0. The molecule has 0 radical (unpaired) electrons. The van der Waals surface area contributed by atoms with Crippen LogP contribution in [0.5, 0.6) is 0 Å². The first kappa shape index (κ1) is 13.1. The van der Waals surface area contributed by atoms with Crippen LogP contribution in [0.3, 0.4) is 0 Å². The Labute approximate surface area is 112 Å². The van der Waals surface area contributed by atoms with Crippen LogP contribution in [0.4, 0.5) is 5.69 Å². The minimum Gasteiger partial charge on any atom is -0.375 e.